The molecule has 32 heteroatoms. The quantitative estimate of drug-likeness (QED) is 0.0153. The van der Waals surface area contributed by atoms with E-state index in [0.29, 0.717) is 106 Å². The van der Waals surface area contributed by atoms with Gasteiger partial charge in [-0.05, 0) is 269 Å². The van der Waals surface area contributed by atoms with Crippen molar-refractivity contribution in [2.75, 3.05) is 79.3 Å². The lowest BCUT2D eigenvalue weighted by Gasteiger charge is -2.21. The average Bonchev–Trinajstić information content (AvgIpc) is 1.70. The molecule has 0 atom stereocenters. The van der Waals surface area contributed by atoms with Gasteiger partial charge in [0.25, 0.3) is 0 Å². The highest BCUT2D eigenvalue weighted by Gasteiger charge is 2.31. The molecule has 0 heterocycles. The van der Waals surface area contributed by atoms with Crippen LogP contribution in [0.1, 0.15) is 161 Å². The van der Waals surface area contributed by atoms with Crippen molar-refractivity contribution in [1.82, 2.24) is 31.9 Å². The van der Waals surface area contributed by atoms with Crippen LogP contribution in [0, 0.1) is 96.9 Å². The Morgan fingerprint density at radius 2 is 0.493 bits per heavy atom. The number of nitrogens with one attached hydrogen (secondary N) is 6. The van der Waals surface area contributed by atoms with Crippen LogP contribution >= 0.6 is 0 Å². The summed E-state index contributed by atoms with van der Waals surface area (Å²) in [5.74, 6) is 5.68. The summed E-state index contributed by atoms with van der Waals surface area (Å²) >= 11 is 0. The van der Waals surface area contributed by atoms with Crippen LogP contribution in [-0.2, 0) is 52.7 Å². The molecule has 0 unspecified atom stereocenters. The van der Waals surface area contributed by atoms with Crippen LogP contribution in [-0.4, -0.2) is 121 Å². The second-order valence-electron chi connectivity index (χ2n) is 34.3. The third-order valence-electron chi connectivity index (χ3n) is 23.5. The zero-order chi connectivity index (χ0) is 106. The number of carbonyl (C=O) groups excluding carboxylic acids is 6. The van der Waals surface area contributed by atoms with Crippen LogP contribution in [0.3, 0.4) is 0 Å². The number of hydrogen-bond donors (Lipinski definition) is 13. The number of hydrogen-bond acceptors (Lipinski definition) is 20. The normalized spacial score (nSPS) is 10.9. The van der Waals surface area contributed by atoms with Gasteiger partial charge in [0.1, 0.15) is 79.9 Å². The van der Waals surface area contributed by atoms with Crippen LogP contribution in [0.5, 0.6) is 40.2 Å². The van der Waals surface area contributed by atoms with Gasteiger partial charge in [-0.2, -0.15) is 30.4 Å². The van der Waals surface area contributed by atoms with Crippen molar-refractivity contribution in [1.29, 1.82) is 0 Å². The lowest BCUT2D eigenvalue weighted by Crippen LogP contribution is -2.36. The Morgan fingerprint density at radius 1 is 0.264 bits per heavy atom. The summed E-state index contributed by atoms with van der Waals surface area (Å²) in [6.07, 6.45) is 3.04. The molecular formula is C112H138N12O20. The SMILES string of the molecule is CCOc1cccc(N(O)C(=O)NC)c1COc1ccc(C)cc1C.CCc1cccc(N(O)C(=O)NC)c1COc1ccc(C)cc1C.CNC(=O)N(O)c1cccc(C)c1COc1ccc(C)cc1C.CNC(=O)N(O)c1cccc(C)c1COc1ccc(C)cc1C.CNC(=O)N(O)c1cccc(C2CC2)c1COc1ccc(C)cc1C.CNC(=O)N(O)c1cccc(CO)c1COc1ccc(C)cc1C. The zero-order valence-corrected chi connectivity index (χ0v) is 86.3. The molecule has 13 rings (SSSR count). The molecule has 0 spiro atoms. The Labute approximate surface area is 844 Å². The minimum Gasteiger partial charge on any atom is -0.493 e. The maximum absolute atomic E-state index is 11.9. The number of ether oxygens (including phenoxy) is 7. The molecule has 0 bridgehead atoms. The molecule has 1 aliphatic carbocycles. The van der Waals surface area contributed by atoms with Crippen LogP contribution in [0.25, 0.3) is 0 Å². The second kappa shape index (κ2) is 55.7. The number of rotatable bonds is 29. The zero-order valence-electron chi connectivity index (χ0n) is 86.3. The van der Waals surface area contributed by atoms with Crippen LogP contribution in [0.15, 0.2) is 218 Å². The number of benzene rings is 12. The van der Waals surface area contributed by atoms with Crippen molar-refractivity contribution >= 4 is 70.3 Å². The van der Waals surface area contributed by atoms with Gasteiger partial charge in [0.05, 0.1) is 52.9 Å². The van der Waals surface area contributed by atoms with Crippen molar-refractivity contribution in [3.8, 4) is 40.2 Å². The highest BCUT2D eigenvalue weighted by atomic mass is 16.5. The van der Waals surface area contributed by atoms with E-state index in [1.54, 1.807) is 72.8 Å². The van der Waals surface area contributed by atoms with Gasteiger partial charge in [-0.15, -0.1) is 0 Å². The van der Waals surface area contributed by atoms with Crippen LogP contribution < -0.4 is 95.4 Å². The van der Waals surface area contributed by atoms with E-state index in [9.17, 15) is 65.1 Å². The number of aryl methyl sites for hydroxylation is 15. The second-order valence-corrected chi connectivity index (χ2v) is 34.3. The van der Waals surface area contributed by atoms with Crippen molar-refractivity contribution < 1.29 is 98.3 Å². The fraction of sp³-hybridized carbons (Fsp3) is 0.304. The molecule has 12 amide bonds. The topological polar surface area (TPSA) is 400 Å². The summed E-state index contributed by atoms with van der Waals surface area (Å²) in [6, 6.07) is 64.1. The predicted octanol–water partition coefficient (Wildman–Crippen LogP) is 22.5. The number of aliphatic hydroxyl groups excluding tert-OH is 1. The molecule has 1 aliphatic rings. The average molecular weight is 1970 g/mol. The van der Waals surface area contributed by atoms with Gasteiger partial charge in [0.15, 0.2) is 0 Å². The van der Waals surface area contributed by atoms with Crippen LogP contribution in [0.2, 0.25) is 0 Å². The summed E-state index contributed by atoms with van der Waals surface area (Å²) in [5.41, 5.74) is 24.5. The number of aliphatic hydroxyl groups is 1. The van der Waals surface area contributed by atoms with E-state index >= 15 is 0 Å². The standard InChI is InChI=1S/C20H24N2O3.C19H24N2O4.C19H24N2O3.C18H22N2O4.2C18H22N2O3/c1-13-7-10-19(14(2)11-13)25-12-17-16(15-8-9-15)5-4-6-18(17)22(24)20(23)21-3;1-5-24-18-8-6-7-16(21(23)19(22)20-4)15(18)12-25-17-10-9-13(2)11-14(17)3;1-5-15-7-6-8-17(21(23)19(22)20-4)16(15)12-24-18-10-9-13(2)11-14(18)3;1-12-7-8-17(13(2)9-12)24-11-15-14(10-21)5-4-6-16(15)20(23)18(22)19-3;2*1-12-8-9-17(14(3)10-12)23-11-15-13(2)6-5-7-16(15)20(22)18(21)19-4/h4-7,10-11,15,24H,8-9,12H2,1-3H3,(H,21,23);6-11,23H,5,12H2,1-4H3,(H,20,22);6-11,23H,5,12H2,1-4H3,(H,20,22);4-9,21,23H,10-11H2,1-3H3,(H,19,22);2*5-10,22H,11H2,1-4H3,(H,19,21). The Hall–Kier alpha value is -15.4. The first-order valence-electron chi connectivity index (χ1n) is 47.1. The minimum absolute atomic E-state index is 0.115. The fourth-order valence-electron chi connectivity index (χ4n) is 15.5. The fourth-order valence-corrected chi connectivity index (χ4v) is 15.5. The minimum atomic E-state index is -0.669. The highest BCUT2D eigenvalue weighted by molar-refractivity contribution is 5.94. The first-order chi connectivity index (χ1) is 68.8. The molecule has 0 radical (unpaired) electrons. The number of nitrogens with zero attached hydrogens (tertiary/aromatic N) is 6. The Bertz CT molecular complexity index is 6120. The molecule has 0 saturated heterocycles. The maximum atomic E-state index is 11.9. The van der Waals surface area contributed by atoms with E-state index < -0.39 is 36.2 Å². The van der Waals surface area contributed by atoms with E-state index in [2.05, 4.69) is 62.2 Å². The molecule has 0 aliphatic heterocycles. The third-order valence-corrected chi connectivity index (χ3v) is 23.5. The monoisotopic (exact) mass is 1970 g/mol. The Morgan fingerprint density at radius 3 is 0.757 bits per heavy atom. The van der Waals surface area contributed by atoms with Crippen molar-refractivity contribution in [2.45, 2.75) is 182 Å². The molecule has 13 N–H and O–H groups in total. The molecule has 1 saturated carbocycles. The largest absolute Gasteiger partial charge is 0.493 e. The van der Waals surface area contributed by atoms with Crippen molar-refractivity contribution in [3.63, 3.8) is 0 Å². The smallest absolute Gasteiger partial charge is 0.345 e. The van der Waals surface area contributed by atoms with E-state index in [4.69, 9.17) is 33.2 Å². The summed E-state index contributed by atoms with van der Waals surface area (Å²) in [7, 11) is 8.76. The van der Waals surface area contributed by atoms with Gasteiger partial charge < -0.3 is 70.2 Å². The molecule has 12 aromatic carbocycles. The lowest BCUT2D eigenvalue weighted by atomic mass is 10.0. The maximum Gasteiger partial charge on any atom is 0.345 e. The van der Waals surface area contributed by atoms with Crippen molar-refractivity contribution in [2.24, 2.45) is 0 Å². The summed E-state index contributed by atoms with van der Waals surface area (Å²) in [4.78, 5) is 70.4. The molecule has 766 valence electrons. The first kappa shape index (κ1) is 114. The molecule has 32 nitrogen and oxygen atoms in total. The summed E-state index contributed by atoms with van der Waals surface area (Å²) in [6.45, 7) is 33.4. The van der Waals surface area contributed by atoms with Crippen LogP contribution in [0.4, 0.5) is 62.9 Å². The van der Waals surface area contributed by atoms with Gasteiger partial charge in [0, 0.05) is 70.1 Å². The molecule has 144 heavy (non-hydrogen) atoms. The van der Waals surface area contributed by atoms with Crippen molar-refractivity contribution in [3.05, 3.63) is 346 Å². The number of anilines is 6. The van der Waals surface area contributed by atoms with E-state index in [-0.39, 0.29) is 45.3 Å². The van der Waals surface area contributed by atoms with Gasteiger partial charge >= 0.3 is 36.2 Å². The number of carbonyl (C=O) groups is 6. The summed E-state index contributed by atoms with van der Waals surface area (Å²) in [5, 5.41) is 88.2. The summed E-state index contributed by atoms with van der Waals surface area (Å²) < 4.78 is 41.2. The van der Waals surface area contributed by atoms with E-state index in [1.807, 2.05) is 226 Å². The van der Waals surface area contributed by atoms with Gasteiger partial charge in [-0.3, -0.25) is 31.2 Å². The third kappa shape index (κ3) is 31.8. The molecular weight excluding hydrogens is 1830 g/mol. The lowest BCUT2D eigenvalue weighted by molar-refractivity contribution is 0.204. The number of hydroxylamine groups is 6. The molecule has 0 aromatic heterocycles. The van der Waals surface area contributed by atoms with Gasteiger partial charge in [0.2, 0.25) is 0 Å². The molecule has 12 aromatic rings. The number of amides is 12. The molecule has 1 fully saturated rings. The highest BCUT2D eigenvalue weighted by Crippen LogP contribution is 2.45. The van der Waals surface area contributed by atoms with Gasteiger partial charge in [-0.1, -0.05) is 180 Å². The van der Waals surface area contributed by atoms with Gasteiger partial charge in [-0.25, -0.2) is 28.8 Å². The Kier molecular flexibility index (Phi) is 44.0. The Balaban J connectivity index is 0.000000211. The predicted molar refractivity (Wildman–Crippen MR) is 560 cm³/mol. The first-order valence-corrected chi connectivity index (χ1v) is 47.1. The number of urea groups is 6. The van der Waals surface area contributed by atoms with E-state index in [0.717, 1.165) is 137 Å². The van der Waals surface area contributed by atoms with E-state index in [1.165, 1.54) is 64.5 Å².